The predicted octanol–water partition coefficient (Wildman–Crippen LogP) is 4.56. The Kier molecular flexibility index (Phi) is 4.35. The summed E-state index contributed by atoms with van der Waals surface area (Å²) in [5.74, 6) is -0.289. The summed E-state index contributed by atoms with van der Waals surface area (Å²) in [7, 11) is 0. The van der Waals surface area contributed by atoms with Gasteiger partial charge in [-0.25, -0.2) is 4.39 Å². The molecule has 5 heteroatoms. The molecular formula is C15H13ClFNO2. The second kappa shape index (κ2) is 6.01. The van der Waals surface area contributed by atoms with Crippen LogP contribution < -0.4 is 0 Å². The van der Waals surface area contributed by atoms with Crippen molar-refractivity contribution in [2.75, 3.05) is 0 Å². The van der Waals surface area contributed by atoms with Crippen molar-refractivity contribution in [3.63, 3.8) is 0 Å². The fraction of sp³-hybridized carbons (Fsp3) is 0.200. The van der Waals surface area contributed by atoms with E-state index in [9.17, 15) is 14.5 Å². The van der Waals surface area contributed by atoms with Gasteiger partial charge in [-0.15, -0.1) is 11.6 Å². The van der Waals surface area contributed by atoms with Gasteiger partial charge < -0.3 is 0 Å². The van der Waals surface area contributed by atoms with Crippen molar-refractivity contribution in [1.82, 2.24) is 0 Å². The molecule has 2 aromatic rings. The highest BCUT2D eigenvalue weighted by Crippen LogP contribution is 2.30. The third kappa shape index (κ3) is 3.14. The van der Waals surface area contributed by atoms with Crippen molar-refractivity contribution in [2.45, 2.75) is 18.7 Å². The minimum atomic E-state index is -0.435. The van der Waals surface area contributed by atoms with Gasteiger partial charge in [0.05, 0.1) is 10.3 Å². The Labute approximate surface area is 121 Å². The maximum absolute atomic E-state index is 13.2. The topological polar surface area (TPSA) is 43.1 Å². The zero-order chi connectivity index (χ0) is 14.7. The van der Waals surface area contributed by atoms with Gasteiger partial charge >= 0.3 is 0 Å². The monoisotopic (exact) mass is 293 g/mol. The van der Waals surface area contributed by atoms with Crippen LogP contribution in [0.5, 0.6) is 0 Å². The molecule has 0 aliphatic heterocycles. The molecule has 0 saturated heterocycles. The average Bonchev–Trinajstić information content (AvgIpc) is 2.42. The van der Waals surface area contributed by atoms with E-state index in [2.05, 4.69) is 0 Å². The van der Waals surface area contributed by atoms with Crippen LogP contribution in [0.3, 0.4) is 0 Å². The molecule has 20 heavy (non-hydrogen) atoms. The van der Waals surface area contributed by atoms with E-state index >= 15 is 0 Å². The Morgan fingerprint density at radius 1 is 1.30 bits per heavy atom. The lowest BCUT2D eigenvalue weighted by Crippen LogP contribution is -2.01. The summed E-state index contributed by atoms with van der Waals surface area (Å²) in [5, 5.41) is 10.5. The molecule has 1 unspecified atom stereocenters. The highest BCUT2D eigenvalue weighted by Gasteiger charge is 2.17. The van der Waals surface area contributed by atoms with Gasteiger partial charge in [-0.05, 0) is 30.5 Å². The lowest BCUT2D eigenvalue weighted by atomic mass is 10.0. The van der Waals surface area contributed by atoms with Crippen LogP contribution in [0.15, 0.2) is 42.5 Å². The quantitative estimate of drug-likeness (QED) is 0.471. The van der Waals surface area contributed by atoms with Gasteiger partial charge in [0.2, 0.25) is 0 Å². The summed E-state index contributed by atoms with van der Waals surface area (Å²) in [6.45, 7) is 1.66. The number of nitro benzene ring substituents is 1. The molecule has 0 aliphatic carbocycles. The largest absolute Gasteiger partial charge is 0.272 e. The lowest BCUT2D eigenvalue weighted by molar-refractivity contribution is -0.385. The fourth-order valence-electron chi connectivity index (χ4n) is 2.04. The standard InChI is InChI=1S/C15H13ClFNO2/c1-10-8-11(6-7-14(10)17)13(16)9-12-4-2-3-5-15(12)18(19)20/h2-8,13H,9H2,1H3. The number of hydrogen-bond donors (Lipinski definition) is 0. The van der Waals surface area contributed by atoms with Gasteiger partial charge in [0.25, 0.3) is 5.69 Å². The number of nitrogens with zero attached hydrogens (tertiary/aromatic N) is 1. The Balaban J connectivity index is 2.25. The average molecular weight is 294 g/mol. The zero-order valence-corrected chi connectivity index (χ0v) is 11.6. The molecule has 0 fully saturated rings. The van der Waals surface area contributed by atoms with Crippen LogP contribution in [0.2, 0.25) is 0 Å². The van der Waals surface area contributed by atoms with Crippen molar-refractivity contribution in [3.05, 3.63) is 75.1 Å². The molecule has 1 atom stereocenters. The predicted molar refractivity (Wildman–Crippen MR) is 76.5 cm³/mol. The van der Waals surface area contributed by atoms with Crippen molar-refractivity contribution in [3.8, 4) is 0 Å². The first-order valence-corrected chi connectivity index (χ1v) is 6.55. The molecule has 0 heterocycles. The number of halogens is 2. The fourth-order valence-corrected chi connectivity index (χ4v) is 2.34. The van der Waals surface area contributed by atoms with Crippen molar-refractivity contribution < 1.29 is 9.31 Å². The summed E-state index contributed by atoms with van der Waals surface area (Å²) in [6.07, 6.45) is 0.323. The molecule has 0 amide bonds. The van der Waals surface area contributed by atoms with Crippen LogP contribution >= 0.6 is 11.6 Å². The van der Waals surface area contributed by atoms with Crippen LogP contribution in [0.1, 0.15) is 22.1 Å². The number of para-hydroxylation sites is 1. The second-order valence-electron chi connectivity index (χ2n) is 4.57. The maximum atomic E-state index is 13.2. The second-order valence-corrected chi connectivity index (χ2v) is 5.09. The zero-order valence-electron chi connectivity index (χ0n) is 10.8. The van der Waals surface area contributed by atoms with Crippen molar-refractivity contribution in [1.29, 1.82) is 0 Å². The molecule has 2 rings (SSSR count). The van der Waals surface area contributed by atoms with Crippen LogP contribution in [0.4, 0.5) is 10.1 Å². The Hall–Kier alpha value is -1.94. The summed E-state index contributed by atoms with van der Waals surface area (Å²) < 4.78 is 13.2. The smallest absolute Gasteiger partial charge is 0.258 e. The Morgan fingerprint density at radius 3 is 2.65 bits per heavy atom. The van der Waals surface area contributed by atoms with E-state index in [1.807, 2.05) is 0 Å². The molecule has 0 saturated carbocycles. The molecule has 2 aromatic carbocycles. The van der Waals surface area contributed by atoms with Gasteiger partial charge in [0, 0.05) is 11.6 Å². The van der Waals surface area contributed by atoms with E-state index in [1.54, 1.807) is 37.3 Å². The van der Waals surface area contributed by atoms with E-state index < -0.39 is 10.3 Å². The first kappa shape index (κ1) is 14.5. The Bertz CT molecular complexity index is 646. The highest BCUT2D eigenvalue weighted by molar-refractivity contribution is 6.21. The molecule has 3 nitrogen and oxygen atoms in total. The van der Waals surface area contributed by atoms with Gasteiger partial charge in [-0.1, -0.05) is 30.3 Å². The molecule has 104 valence electrons. The molecule has 0 aromatic heterocycles. The molecule has 0 radical (unpaired) electrons. The SMILES string of the molecule is Cc1cc(C(Cl)Cc2ccccc2[N+](=O)[O-])ccc1F. The first-order chi connectivity index (χ1) is 9.49. The summed E-state index contributed by atoms with van der Waals surface area (Å²) in [6, 6.07) is 11.1. The normalized spacial score (nSPS) is 12.2. The van der Waals surface area contributed by atoms with E-state index in [1.165, 1.54) is 12.1 Å². The third-order valence-corrected chi connectivity index (χ3v) is 3.54. The van der Waals surface area contributed by atoms with Gasteiger partial charge in [-0.2, -0.15) is 0 Å². The minimum Gasteiger partial charge on any atom is -0.258 e. The van der Waals surface area contributed by atoms with Gasteiger partial charge in [-0.3, -0.25) is 10.1 Å². The Morgan fingerprint density at radius 2 is 2.00 bits per heavy atom. The van der Waals surface area contributed by atoms with Crippen LogP contribution in [0.25, 0.3) is 0 Å². The molecule has 0 bridgehead atoms. The van der Waals surface area contributed by atoms with Crippen molar-refractivity contribution in [2.24, 2.45) is 0 Å². The van der Waals surface area contributed by atoms with E-state index in [-0.39, 0.29) is 11.5 Å². The molecule has 0 spiro atoms. The highest BCUT2D eigenvalue weighted by atomic mass is 35.5. The molecule has 0 aliphatic rings. The maximum Gasteiger partial charge on any atom is 0.272 e. The van der Waals surface area contributed by atoms with Gasteiger partial charge in [0.1, 0.15) is 5.82 Å². The molecular weight excluding hydrogens is 281 g/mol. The molecule has 0 N–H and O–H groups in total. The van der Waals surface area contributed by atoms with E-state index in [0.717, 1.165) is 5.56 Å². The first-order valence-electron chi connectivity index (χ1n) is 6.11. The number of aryl methyl sites for hydroxylation is 1. The number of alkyl halides is 1. The third-order valence-electron chi connectivity index (χ3n) is 3.13. The van der Waals surface area contributed by atoms with Crippen LogP contribution in [0, 0.1) is 22.9 Å². The number of benzene rings is 2. The minimum absolute atomic E-state index is 0.0528. The van der Waals surface area contributed by atoms with E-state index in [4.69, 9.17) is 11.6 Å². The van der Waals surface area contributed by atoms with E-state index in [0.29, 0.717) is 17.5 Å². The van der Waals surface area contributed by atoms with Crippen molar-refractivity contribution >= 4 is 17.3 Å². The number of rotatable bonds is 4. The summed E-state index contributed by atoms with van der Waals surface area (Å²) >= 11 is 6.30. The summed E-state index contributed by atoms with van der Waals surface area (Å²) in [4.78, 5) is 10.5. The van der Waals surface area contributed by atoms with Crippen LogP contribution in [-0.4, -0.2) is 4.92 Å². The summed E-state index contributed by atoms with van der Waals surface area (Å²) in [5.41, 5.74) is 1.89. The van der Waals surface area contributed by atoms with Gasteiger partial charge in [0.15, 0.2) is 0 Å². The van der Waals surface area contributed by atoms with Crippen LogP contribution in [-0.2, 0) is 6.42 Å². The number of nitro groups is 1. The number of hydrogen-bond acceptors (Lipinski definition) is 2. The lowest BCUT2D eigenvalue weighted by Gasteiger charge is -2.11.